The first-order valence-electron chi connectivity index (χ1n) is 6.41. The number of carbonyl (C=O) groups excluding carboxylic acids is 1. The third kappa shape index (κ3) is 4.24. The molecule has 97 valence electrons. The lowest BCUT2D eigenvalue weighted by molar-refractivity contribution is -0.111. The summed E-state index contributed by atoms with van der Waals surface area (Å²) in [5, 5.41) is 2.73. The van der Waals surface area contributed by atoms with Gasteiger partial charge in [0.1, 0.15) is 0 Å². The Morgan fingerprint density at radius 3 is 2.67 bits per heavy atom. The zero-order valence-corrected chi connectivity index (χ0v) is 11.2. The van der Waals surface area contributed by atoms with Crippen LogP contribution in [0.2, 0.25) is 0 Å². The minimum absolute atomic E-state index is 0.207. The number of nitrogens with zero attached hydrogens (tertiary/aromatic N) is 1. The SMILES string of the molecule is C=CC(=O)Nc1[c]ccc(N(CCC)CCC)c1. The number of hydrogen-bond acceptors (Lipinski definition) is 2. The largest absolute Gasteiger partial charge is 0.371 e. The molecule has 0 aliphatic rings. The smallest absolute Gasteiger partial charge is 0.247 e. The van der Waals surface area contributed by atoms with E-state index >= 15 is 0 Å². The number of nitrogens with one attached hydrogen (secondary N) is 1. The first-order chi connectivity index (χ1) is 8.71. The Bertz CT molecular complexity index is 395. The molecule has 0 aromatic heterocycles. The van der Waals surface area contributed by atoms with Crippen LogP contribution in [0.4, 0.5) is 11.4 Å². The van der Waals surface area contributed by atoms with Crippen molar-refractivity contribution in [1.29, 1.82) is 0 Å². The molecule has 3 nitrogen and oxygen atoms in total. The molecule has 18 heavy (non-hydrogen) atoms. The molecule has 0 aliphatic heterocycles. The van der Waals surface area contributed by atoms with Crippen molar-refractivity contribution in [2.75, 3.05) is 23.3 Å². The fourth-order valence-electron chi connectivity index (χ4n) is 1.82. The number of benzene rings is 1. The van der Waals surface area contributed by atoms with Gasteiger partial charge in [-0.15, -0.1) is 0 Å². The highest BCUT2D eigenvalue weighted by atomic mass is 16.1. The fourth-order valence-corrected chi connectivity index (χ4v) is 1.82. The first-order valence-corrected chi connectivity index (χ1v) is 6.41. The Hall–Kier alpha value is -1.77. The standard InChI is InChI=1S/C15H21N2O/c1-4-10-17(11-5-2)14-9-7-8-13(12-14)16-15(18)6-3/h6-7,9,12H,3-5,10-11H2,1-2H3,(H,16,18). The molecule has 0 spiro atoms. The molecule has 3 heteroatoms. The summed E-state index contributed by atoms with van der Waals surface area (Å²) in [6.07, 6.45) is 3.47. The lowest BCUT2D eigenvalue weighted by Crippen LogP contribution is -2.24. The van der Waals surface area contributed by atoms with Gasteiger partial charge in [0.05, 0.1) is 5.69 Å². The molecule has 1 amide bonds. The lowest BCUT2D eigenvalue weighted by Gasteiger charge is -2.24. The number of rotatable bonds is 7. The molecule has 0 bridgehead atoms. The van der Waals surface area contributed by atoms with Crippen molar-refractivity contribution in [3.63, 3.8) is 0 Å². The van der Waals surface area contributed by atoms with Crippen LogP contribution in [0, 0.1) is 6.07 Å². The molecule has 0 heterocycles. The van der Waals surface area contributed by atoms with Crippen molar-refractivity contribution < 1.29 is 4.79 Å². The topological polar surface area (TPSA) is 32.3 Å². The highest BCUT2D eigenvalue weighted by Crippen LogP contribution is 2.19. The van der Waals surface area contributed by atoms with Crippen LogP contribution in [0.25, 0.3) is 0 Å². The van der Waals surface area contributed by atoms with Gasteiger partial charge in [-0.2, -0.15) is 0 Å². The molecule has 0 saturated carbocycles. The van der Waals surface area contributed by atoms with Crippen LogP contribution in [0.1, 0.15) is 26.7 Å². The van der Waals surface area contributed by atoms with E-state index in [2.05, 4.69) is 36.7 Å². The van der Waals surface area contributed by atoms with Crippen LogP contribution in [-0.4, -0.2) is 19.0 Å². The molecular weight excluding hydrogens is 224 g/mol. The van der Waals surface area contributed by atoms with E-state index in [9.17, 15) is 4.79 Å². The van der Waals surface area contributed by atoms with Gasteiger partial charge < -0.3 is 10.2 Å². The zero-order valence-electron chi connectivity index (χ0n) is 11.2. The molecular formula is C15H21N2O. The summed E-state index contributed by atoms with van der Waals surface area (Å²) in [7, 11) is 0. The molecule has 0 fully saturated rings. The maximum Gasteiger partial charge on any atom is 0.247 e. The maximum atomic E-state index is 11.3. The lowest BCUT2D eigenvalue weighted by atomic mass is 10.2. The summed E-state index contributed by atoms with van der Waals surface area (Å²) in [6, 6.07) is 8.82. The maximum absolute atomic E-state index is 11.3. The van der Waals surface area contributed by atoms with Crippen molar-refractivity contribution in [2.24, 2.45) is 0 Å². The molecule has 1 radical (unpaired) electrons. The van der Waals surface area contributed by atoms with Crippen LogP contribution in [0.3, 0.4) is 0 Å². The second-order valence-electron chi connectivity index (χ2n) is 4.14. The quantitative estimate of drug-likeness (QED) is 0.748. The second kappa shape index (κ2) is 7.54. The van der Waals surface area contributed by atoms with Crippen LogP contribution in [-0.2, 0) is 4.79 Å². The van der Waals surface area contributed by atoms with Crippen molar-refractivity contribution in [2.45, 2.75) is 26.7 Å². The third-order valence-electron chi connectivity index (χ3n) is 2.58. The predicted octanol–water partition coefficient (Wildman–Crippen LogP) is 3.24. The summed E-state index contributed by atoms with van der Waals surface area (Å²) < 4.78 is 0. The van der Waals surface area contributed by atoms with E-state index in [0.29, 0.717) is 5.69 Å². The Morgan fingerprint density at radius 2 is 2.11 bits per heavy atom. The third-order valence-corrected chi connectivity index (χ3v) is 2.58. The molecule has 0 atom stereocenters. The Labute approximate surface area is 109 Å². The van der Waals surface area contributed by atoms with E-state index in [0.717, 1.165) is 31.6 Å². The molecule has 0 aliphatic carbocycles. The summed E-state index contributed by atoms with van der Waals surface area (Å²) in [5.41, 5.74) is 1.81. The summed E-state index contributed by atoms with van der Waals surface area (Å²) in [5.74, 6) is -0.207. The Kier molecular flexibility index (Phi) is 5.98. The predicted molar refractivity (Wildman–Crippen MR) is 76.9 cm³/mol. The van der Waals surface area contributed by atoms with Crippen LogP contribution in [0.15, 0.2) is 30.9 Å². The second-order valence-corrected chi connectivity index (χ2v) is 4.14. The van der Waals surface area contributed by atoms with Gasteiger partial charge in [0.15, 0.2) is 0 Å². The van der Waals surface area contributed by atoms with Crippen molar-refractivity contribution in [3.05, 3.63) is 36.9 Å². The van der Waals surface area contributed by atoms with Gasteiger partial charge in [-0.05, 0) is 31.1 Å². The van der Waals surface area contributed by atoms with Gasteiger partial charge in [-0.1, -0.05) is 26.5 Å². The summed E-state index contributed by atoms with van der Waals surface area (Å²) in [6.45, 7) is 9.81. The summed E-state index contributed by atoms with van der Waals surface area (Å²) in [4.78, 5) is 13.6. The van der Waals surface area contributed by atoms with Gasteiger partial charge in [-0.25, -0.2) is 0 Å². The van der Waals surface area contributed by atoms with E-state index in [1.54, 1.807) is 0 Å². The Morgan fingerprint density at radius 1 is 1.44 bits per heavy atom. The molecule has 0 saturated heterocycles. The van der Waals surface area contributed by atoms with Gasteiger partial charge in [0.2, 0.25) is 5.91 Å². The van der Waals surface area contributed by atoms with E-state index in [1.807, 2.05) is 18.2 Å². The van der Waals surface area contributed by atoms with Crippen LogP contribution >= 0.6 is 0 Å². The molecule has 1 aromatic rings. The van der Waals surface area contributed by atoms with Crippen molar-refractivity contribution >= 4 is 17.3 Å². The van der Waals surface area contributed by atoms with Crippen LogP contribution in [0.5, 0.6) is 0 Å². The molecule has 1 rings (SSSR count). The minimum Gasteiger partial charge on any atom is -0.371 e. The molecule has 1 aromatic carbocycles. The first kappa shape index (κ1) is 14.3. The Balaban J connectivity index is 2.84. The number of hydrogen-bond donors (Lipinski definition) is 1. The average Bonchev–Trinajstić information content (AvgIpc) is 2.38. The fraction of sp³-hybridized carbons (Fsp3) is 0.400. The minimum atomic E-state index is -0.207. The van der Waals surface area contributed by atoms with Gasteiger partial charge in [-0.3, -0.25) is 4.79 Å². The molecule has 0 unspecified atom stereocenters. The average molecular weight is 245 g/mol. The monoisotopic (exact) mass is 245 g/mol. The number of carbonyl (C=O) groups is 1. The van der Waals surface area contributed by atoms with E-state index in [4.69, 9.17) is 0 Å². The molecule has 1 N–H and O–H groups in total. The van der Waals surface area contributed by atoms with E-state index in [1.165, 1.54) is 6.08 Å². The highest BCUT2D eigenvalue weighted by molar-refractivity contribution is 5.99. The number of amides is 1. The van der Waals surface area contributed by atoms with Crippen molar-refractivity contribution in [3.8, 4) is 0 Å². The summed E-state index contributed by atoms with van der Waals surface area (Å²) >= 11 is 0. The van der Waals surface area contributed by atoms with Crippen molar-refractivity contribution in [1.82, 2.24) is 0 Å². The number of anilines is 2. The van der Waals surface area contributed by atoms with Gasteiger partial charge in [0, 0.05) is 24.8 Å². The normalized spacial score (nSPS) is 9.89. The van der Waals surface area contributed by atoms with Gasteiger partial charge >= 0.3 is 0 Å². The van der Waals surface area contributed by atoms with Crippen LogP contribution < -0.4 is 10.2 Å². The van der Waals surface area contributed by atoms with E-state index in [-0.39, 0.29) is 5.91 Å². The zero-order chi connectivity index (χ0) is 13.4. The highest BCUT2D eigenvalue weighted by Gasteiger charge is 2.06. The van der Waals surface area contributed by atoms with Gasteiger partial charge in [0.25, 0.3) is 0 Å². The van der Waals surface area contributed by atoms with E-state index < -0.39 is 0 Å².